The van der Waals surface area contributed by atoms with Crippen LogP contribution in [0.2, 0.25) is 0 Å². The highest BCUT2D eigenvalue weighted by atomic mass is 16.6. The summed E-state index contributed by atoms with van der Waals surface area (Å²) in [6.45, 7) is -0.450. The van der Waals surface area contributed by atoms with Gasteiger partial charge in [-0.2, -0.15) is 5.10 Å². The van der Waals surface area contributed by atoms with Crippen LogP contribution in [0.3, 0.4) is 0 Å². The molecule has 0 radical (unpaired) electrons. The minimum Gasteiger partial charge on any atom is -0.364 e. The molecule has 1 heterocycles. The zero-order valence-corrected chi connectivity index (χ0v) is 5.98. The van der Waals surface area contributed by atoms with Gasteiger partial charge in [-0.25, -0.2) is 0 Å². The monoisotopic (exact) mass is 170 g/mol. The molecule has 0 aliphatic carbocycles. The van der Waals surface area contributed by atoms with Gasteiger partial charge in [0.05, 0.1) is 11.8 Å². The van der Waals surface area contributed by atoms with Crippen molar-refractivity contribution in [3.05, 3.63) is 27.6 Å². The Kier molecular flexibility index (Phi) is 2.04. The molecule has 7 heteroatoms. The molecule has 1 rings (SSSR count). The maximum absolute atomic E-state index is 10.6. The van der Waals surface area contributed by atoms with Crippen molar-refractivity contribution in [2.45, 2.75) is 6.54 Å². The number of nitrogens with one attached hydrogen (secondary N) is 1. The summed E-state index contributed by atoms with van der Waals surface area (Å²) in [6.07, 6.45) is 1.21. The zero-order chi connectivity index (χ0) is 9.14. The molecule has 0 bridgehead atoms. The average Bonchev–Trinajstić information content (AvgIpc) is 2.33. The highest BCUT2D eigenvalue weighted by Gasteiger charge is 2.14. The second-order valence-corrected chi connectivity index (χ2v) is 2.13. The first-order valence-electron chi connectivity index (χ1n) is 3.05. The van der Waals surface area contributed by atoms with Crippen molar-refractivity contribution in [3.63, 3.8) is 0 Å². The van der Waals surface area contributed by atoms with Crippen molar-refractivity contribution in [1.29, 1.82) is 0 Å². The summed E-state index contributed by atoms with van der Waals surface area (Å²) in [4.78, 5) is 20.1. The minimum absolute atomic E-state index is 0.00769. The van der Waals surface area contributed by atoms with E-state index in [4.69, 9.17) is 5.73 Å². The number of H-pyrrole nitrogens is 1. The van der Waals surface area contributed by atoms with E-state index in [2.05, 4.69) is 10.2 Å². The van der Waals surface area contributed by atoms with Crippen LogP contribution < -0.4 is 5.73 Å². The number of carbonyl (C=O) groups excluding carboxylic acids is 1. The van der Waals surface area contributed by atoms with Gasteiger partial charge in [0.15, 0.2) is 0 Å². The first-order chi connectivity index (χ1) is 5.61. The highest BCUT2D eigenvalue weighted by molar-refractivity contribution is 5.92. The number of nitro groups is 1. The molecule has 64 valence electrons. The zero-order valence-electron chi connectivity index (χ0n) is 5.98. The van der Waals surface area contributed by atoms with Gasteiger partial charge in [0.25, 0.3) is 5.91 Å². The number of amides is 1. The Balaban J connectivity index is 2.91. The van der Waals surface area contributed by atoms with Gasteiger partial charge < -0.3 is 5.73 Å². The van der Waals surface area contributed by atoms with E-state index in [1.807, 2.05) is 0 Å². The first kappa shape index (κ1) is 8.18. The molecular formula is C5H6N4O3. The van der Waals surface area contributed by atoms with E-state index in [-0.39, 0.29) is 11.3 Å². The van der Waals surface area contributed by atoms with E-state index in [9.17, 15) is 14.9 Å². The van der Waals surface area contributed by atoms with Crippen LogP contribution in [0.4, 0.5) is 0 Å². The van der Waals surface area contributed by atoms with Gasteiger partial charge in [0, 0.05) is 4.92 Å². The Hall–Kier alpha value is -1.92. The molecule has 0 saturated heterocycles. The molecular weight excluding hydrogens is 164 g/mol. The van der Waals surface area contributed by atoms with E-state index < -0.39 is 17.4 Å². The Morgan fingerprint density at radius 1 is 1.83 bits per heavy atom. The number of hydrogen-bond acceptors (Lipinski definition) is 4. The Bertz CT molecular complexity index is 318. The van der Waals surface area contributed by atoms with Gasteiger partial charge in [-0.05, 0) is 0 Å². The summed E-state index contributed by atoms with van der Waals surface area (Å²) in [5, 5.41) is 15.8. The van der Waals surface area contributed by atoms with E-state index in [1.165, 1.54) is 6.20 Å². The fourth-order valence-electron chi connectivity index (χ4n) is 0.783. The average molecular weight is 170 g/mol. The van der Waals surface area contributed by atoms with Gasteiger partial charge in [-0.15, -0.1) is 0 Å². The van der Waals surface area contributed by atoms with Gasteiger partial charge >= 0.3 is 0 Å². The van der Waals surface area contributed by atoms with Gasteiger partial charge in [-0.1, -0.05) is 0 Å². The Labute approximate surface area is 66.7 Å². The number of aromatic amines is 1. The number of aromatic nitrogens is 2. The van der Waals surface area contributed by atoms with Crippen molar-refractivity contribution in [2.24, 2.45) is 5.73 Å². The number of primary amides is 1. The molecule has 0 aromatic carbocycles. The predicted molar refractivity (Wildman–Crippen MR) is 37.8 cm³/mol. The lowest BCUT2D eigenvalue weighted by Gasteiger charge is -1.91. The van der Waals surface area contributed by atoms with E-state index in [0.29, 0.717) is 0 Å². The summed E-state index contributed by atoms with van der Waals surface area (Å²) in [5.74, 6) is -0.746. The van der Waals surface area contributed by atoms with Gasteiger partial charge in [0.2, 0.25) is 6.54 Å². The predicted octanol–water partition coefficient (Wildman–Crippen LogP) is -0.715. The molecule has 0 atom stereocenters. The van der Waals surface area contributed by atoms with Crippen molar-refractivity contribution in [3.8, 4) is 0 Å². The van der Waals surface area contributed by atoms with Crippen LogP contribution in [0.25, 0.3) is 0 Å². The molecule has 0 spiro atoms. The van der Waals surface area contributed by atoms with Gasteiger partial charge in [0.1, 0.15) is 5.69 Å². The molecule has 1 amide bonds. The van der Waals surface area contributed by atoms with Crippen molar-refractivity contribution < 1.29 is 9.72 Å². The highest BCUT2D eigenvalue weighted by Crippen LogP contribution is 2.04. The molecule has 0 aliphatic rings. The van der Waals surface area contributed by atoms with E-state index in [0.717, 1.165) is 0 Å². The normalized spacial score (nSPS) is 9.67. The lowest BCUT2D eigenvalue weighted by molar-refractivity contribution is -0.496. The fraction of sp³-hybridized carbons (Fsp3) is 0.200. The lowest BCUT2D eigenvalue weighted by Crippen LogP contribution is -2.14. The molecule has 0 unspecified atom stereocenters. The third kappa shape index (κ3) is 1.57. The summed E-state index contributed by atoms with van der Waals surface area (Å²) in [6, 6.07) is 0. The van der Waals surface area contributed by atoms with E-state index >= 15 is 0 Å². The third-order valence-electron chi connectivity index (χ3n) is 1.26. The maximum Gasteiger partial charge on any atom is 0.267 e. The molecule has 12 heavy (non-hydrogen) atoms. The standard InChI is InChI=1S/C5H6N4O3/c6-5(10)4-3(1-7-8-4)2-9(11)12/h1H,2H2,(H2,6,10)(H,7,8). The smallest absolute Gasteiger partial charge is 0.267 e. The topological polar surface area (TPSA) is 115 Å². The molecule has 0 saturated carbocycles. The quantitative estimate of drug-likeness (QED) is 0.460. The first-order valence-corrected chi connectivity index (χ1v) is 3.05. The van der Waals surface area contributed by atoms with Crippen LogP contribution in [-0.4, -0.2) is 21.0 Å². The summed E-state index contributed by atoms with van der Waals surface area (Å²) in [7, 11) is 0. The number of hydrogen-bond donors (Lipinski definition) is 2. The number of nitrogens with two attached hydrogens (primary N) is 1. The SMILES string of the molecule is NC(=O)c1[nH]ncc1C[N+](=O)[O-]. The molecule has 7 nitrogen and oxygen atoms in total. The van der Waals surface area contributed by atoms with Gasteiger partial charge in [-0.3, -0.25) is 20.0 Å². The lowest BCUT2D eigenvalue weighted by atomic mass is 10.2. The Morgan fingerprint density at radius 2 is 2.50 bits per heavy atom. The van der Waals surface area contributed by atoms with Crippen LogP contribution in [0, 0.1) is 10.1 Å². The number of carbonyl (C=O) groups is 1. The number of rotatable bonds is 3. The molecule has 0 aliphatic heterocycles. The molecule has 1 aromatic heterocycles. The molecule has 0 fully saturated rings. The summed E-state index contributed by atoms with van der Waals surface area (Å²) in [5.41, 5.74) is 5.10. The maximum atomic E-state index is 10.6. The second-order valence-electron chi connectivity index (χ2n) is 2.13. The summed E-state index contributed by atoms with van der Waals surface area (Å²) >= 11 is 0. The van der Waals surface area contributed by atoms with Crippen molar-refractivity contribution >= 4 is 5.91 Å². The fourth-order valence-corrected chi connectivity index (χ4v) is 0.783. The van der Waals surface area contributed by atoms with Crippen LogP contribution in [0.1, 0.15) is 16.1 Å². The molecule has 1 aromatic rings. The van der Waals surface area contributed by atoms with Crippen LogP contribution in [0.5, 0.6) is 0 Å². The third-order valence-corrected chi connectivity index (χ3v) is 1.26. The Morgan fingerprint density at radius 3 is 3.00 bits per heavy atom. The van der Waals surface area contributed by atoms with Crippen LogP contribution in [0.15, 0.2) is 6.20 Å². The van der Waals surface area contributed by atoms with Crippen molar-refractivity contribution in [1.82, 2.24) is 10.2 Å². The summed E-state index contributed by atoms with van der Waals surface area (Å²) < 4.78 is 0. The van der Waals surface area contributed by atoms with Crippen molar-refractivity contribution in [2.75, 3.05) is 0 Å². The number of nitrogens with zero attached hydrogens (tertiary/aromatic N) is 2. The minimum atomic E-state index is -0.746. The second kappa shape index (κ2) is 2.99. The molecule has 3 N–H and O–H groups in total. The van der Waals surface area contributed by atoms with E-state index in [1.54, 1.807) is 0 Å². The van der Waals surface area contributed by atoms with Crippen LogP contribution >= 0.6 is 0 Å². The van der Waals surface area contributed by atoms with Crippen LogP contribution in [-0.2, 0) is 6.54 Å². The largest absolute Gasteiger partial charge is 0.364 e.